The van der Waals surface area contributed by atoms with E-state index >= 15 is 0 Å². The lowest BCUT2D eigenvalue weighted by molar-refractivity contribution is -0.114. The molecule has 29 heavy (non-hydrogen) atoms. The number of nitrogens with one attached hydrogen (secondary N) is 2. The van der Waals surface area contributed by atoms with E-state index in [1.165, 1.54) is 6.92 Å². The average Bonchev–Trinajstić information content (AvgIpc) is 2.73. The molecule has 6 nitrogen and oxygen atoms in total. The van der Waals surface area contributed by atoms with Gasteiger partial charge in [-0.3, -0.25) is 14.6 Å². The van der Waals surface area contributed by atoms with Crippen molar-refractivity contribution in [3.63, 3.8) is 0 Å². The minimum Gasteiger partial charge on any atom is -0.326 e. The number of hydrogen-bond donors (Lipinski definition) is 2. The van der Waals surface area contributed by atoms with Crippen molar-refractivity contribution >= 4 is 34.1 Å². The van der Waals surface area contributed by atoms with Crippen LogP contribution in [0.4, 0.5) is 11.4 Å². The van der Waals surface area contributed by atoms with Crippen molar-refractivity contribution in [3.8, 4) is 11.3 Å². The van der Waals surface area contributed by atoms with Crippen LogP contribution in [0.1, 0.15) is 17.3 Å². The number of hydrogen-bond acceptors (Lipinski definition) is 4. The molecule has 0 aliphatic carbocycles. The highest BCUT2D eigenvalue weighted by Crippen LogP contribution is 2.25. The number of amides is 2. The summed E-state index contributed by atoms with van der Waals surface area (Å²) in [6, 6.07) is 20.0. The first-order chi connectivity index (χ1) is 14.1. The number of carbonyl (C=O) groups excluding carboxylic acids is 2. The van der Waals surface area contributed by atoms with Crippen LogP contribution in [0, 0.1) is 0 Å². The second-order valence-electron chi connectivity index (χ2n) is 6.53. The maximum Gasteiger partial charge on any atom is 0.256 e. The largest absolute Gasteiger partial charge is 0.326 e. The smallest absolute Gasteiger partial charge is 0.256 e. The Morgan fingerprint density at radius 1 is 0.862 bits per heavy atom. The van der Waals surface area contributed by atoms with Crippen LogP contribution < -0.4 is 10.6 Å². The molecule has 0 spiro atoms. The molecule has 0 aliphatic heterocycles. The Hall–Kier alpha value is -4.06. The van der Waals surface area contributed by atoms with E-state index in [1.54, 1.807) is 42.7 Å². The maximum atomic E-state index is 13.1. The molecule has 2 heterocycles. The molecule has 2 amide bonds. The Morgan fingerprint density at radius 3 is 2.41 bits per heavy atom. The normalized spacial score (nSPS) is 10.5. The number of fused-ring (bicyclic) bond motifs is 1. The van der Waals surface area contributed by atoms with Gasteiger partial charge < -0.3 is 10.6 Å². The fourth-order valence-electron chi connectivity index (χ4n) is 3.10. The molecule has 0 fully saturated rings. The second-order valence-corrected chi connectivity index (χ2v) is 6.53. The third kappa shape index (κ3) is 4.11. The van der Waals surface area contributed by atoms with Gasteiger partial charge in [-0.05, 0) is 42.5 Å². The summed E-state index contributed by atoms with van der Waals surface area (Å²) in [4.78, 5) is 33.2. The number of rotatable bonds is 4. The first kappa shape index (κ1) is 18.3. The average molecular weight is 382 g/mol. The molecule has 2 aromatic carbocycles. The zero-order chi connectivity index (χ0) is 20.2. The predicted octanol–water partition coefficient (Wildman–Crippen LogP) is 4.51. The van der Waals surface area contributed by atoms with Gasteiger partial charge in [-0.15, -0.1) is 0 Å². The van der Waals surface area contributed by atoms with E-state index in [-0.39, 0.29) is 11.8 Å². The van der Waals surface area contributed by atoms with Crippen LogP contribution in [-0.2, 0) is 4.79 Å². The summed E-state index contributed by atoms with van der Waals surface area (Å²) in [7, 11) is 0. The van der Waals surface area contributed by atoms with Crippen molar-refractivity contribution in [2.75, 3.05) is 10.6 Å². The lowest BCUT2D eigenvalue weighted by Gasteiger charge is -2.11. The molecule has 4 aromatic rings. The minimum absolute atomic E-state index is 0.172. The minimum atomic E-state index is -0.256. The van der Waals surface area contributed by atoms with E-state index in [9.17, 15) is 9.59 Å². The topological polar surface area (TPSA) is 84.0 Å². The van der Waals surface area contributed by atoms with Crippen LogP contribution >= 0.6 is 0 Å². The van der Waals surface area contributed by atoms with Crippen LogP contribution in [0.15, 0.2) is 79.1 Å². The SMILES string of the molecule is CC(=O)Nc1cccc(NC(=O)c2cc(-c3cccnc3)nc3ccccc23)c1. The second kappa shape index (κ2) is 7.90. The summed E-state index contributed by atoms with van der Waals surface area (Å²) in [6.07, 6.45) is 3.41. The standard InChI is InChI=1S/C23H18N4O2/c1-15(28)25-17-7-4-8-18(12-17)26-23(29)20-13-22(16-6-5-11-24-14-16)27-21-10-3-2-9-19(20)21/h2-14H,1H3,(H,25,28)(H,26,29). The summed E-state index contributed by atoms with van der Waals surface area (Å²) >= 11 is 0. The van der Waals surface area contributed by atoms with Gasteiger partial charge in [0.25, 0.3) is 5.91 Å². The molecule has 6 heteroatoms. The fourth-order valence-corrected chi connectivity index (χ4v) is 3.10. The fraction of sp³-hybridized carbons (Fsp3) is 0.0435. The summed E-state index contributed by atoms with van der Waals surface area (Å²) in [5.41, 5.74) is 3.95. The number of anilines is 2. The number of nitrogens with zero attached hydrogens (tertiary/aromatic N) is 2. The van der Waals surface area contributed by atoms with E-state index < -0.39 is 0 Å². The van der Waals surface area contributed by atoms with Crippen molar-refractivity contribution in [2.24, 2.45) is 0 Å². The van der Waals surface area contributed by atoms with Gasteiger partial charge in [-0.2, -0.15) is 0 Å². The first-order valence-corrected chi connectivity index (χ1v) is 9.09. The quantitative estimate of drug-likeness (QED) is 0.544. The molecule has 0 atom stereocenters. The third-order valence-corrected chi connectivity index (χ3v) is 4.36. The monoisotopic (exact) mass is 382 g/mol. The van der Waals surface area contributed by atoms with Crippen LogP contribution in [0.3, 0.4) is 0 Å². The molecule has 2 aromatic heterocycles. The molecular formula is C23H18N4O2. The zero-order valence-electron chi connectivity index (χ0n) is 15.7. The number of aromatic nitrogens is 2. The maximum absolute atomic E-state index is 13.1. The number of para-hydroxylation sites is 1. The molecule has 142 valence electrons. The Bertz CT molecular complexity index is 1210. The van der Waals surface area contributed by atoms with Gasteiger partial charge >= 0.3 is 0 Å². The Kier molecular flexibility index (Phi) is 4.99. The molecule has 0 bridgehead atoms. The van der Waals surface area contributed by atoms with Gasteiger partial charge in [0.1, 0.15) is 0 Å². The van der Waals surface area contributed by atoms with Crippen molar-refractivity contribution in [3.05, 3.63) is 84.7 Å². The van der Waals surface area contributed by atoms with Gasteiger partial charge in [0.05, 0.1) is 16.8 Å². The van der Waals surface area contributed by atoms with Crippen LogP contribution in [0.25, 0.3) is 22.2 Å². The highest BCUT2D eigenvalue weighted by molar-refractivity contribution is 6.13. The summed E-state index contributed by atoms with van der Waals surface area (Å²) in [5, 5.41) is 6.38. The molecule has 0 aliphatic rings. The van der Waals surface area contributed by atoms with Crippen LogP contribution in [-0.4, -0.2) is 21.8 Å². The van der Waals surface area contributed by atoms with E-state index in [1.807, 2.05) is 36.4 Å². The Morgan fingerprint density at radius 2 is 1.66 bits per heavy atom. The summed E-state index contributed by atoms with van der Waals surface area (Å²) in [6.45, 7) is 1.44. The number of benzene rings is 2. The highest BCUT2D eigenvalue weighted by Gasteiger charge is 2.14. The van der Waals surface area contributed by atoms with Gasteiger partial charge in [-0.25, -0.2) is 4.98 Å². The van der Waals surface area contributed by atoms with Crippen molar-refractivity contribution in [1.82, 2.24) is 9.97 Å². The van der Waals surface area contributed by atoms with Gasteiger partial charge in [0.2, 0.25) is 5.91 Å². The molecular weight excluding hydrogens is 364 g/mol. The predicted molar refractivity (Wildman–Crippen MR) is 114 cm³/mol. The molecule has 4 rings (SSSR count). The van der Waals surface area contributed by atoms with Crippen molar-refractivity contribution in [2.45, 2.75) is 6.92 Å². The lowest BCUT2D eigenvalue weighted by Crippen LogP contribution is -2.13. The summed E-state index contributed by atoms with van der Waals surface area (Å²) in [5.74, 6) is -0.427. The van der Waals surface area contributed by atoms with Gasteiger partial charge in [-0.1, -0.05) is 24.3 Å². The summed E-state index contributed by atoms with van der Waals surface area (Å²) < 4.78 is 0. The zero-order valence-corrected chi connectivity index (χ0v) is 15.7. The van der Waals surface area contributed by atoms with Crippen LogP contribution in [0.2, 0.25) is 0 Å². The molecule has 0 unspecified atom stereocenters. The van der Waals surface area contributed by atoms with E-state index in [2.05, 4.69) is 20.6 Å². The van der Waals surface area contributed by atoms with E-state index in [0.717, 1.165) is 16.5 Å². The van der Waals surface area contributed by atoms with Crippen molar-refractivity contribution < 1.29 is 9.59 Å². The first-order valence-electron chi connectivity index (χ1n) is 9.09. The number of pyridine rings is 2. The third-order valence-electron chi connectivity index (χ3n) is 4.36. The molecule has 0 saturated heterocycles. The van der Waals surface area contributed by atoms with Gasteiger partial charge in [0, 0.05) is 41.6 Å². The molecule has 0 saturated carbocycles. The Balaban J connectivity index is 1.73. The van der Waals surface area contributed by atoms with E-state index in [4.69, 9.17) is 0 Å². The highest BCUT2D eigenvalue weighted by atomic mass is 16.2. The molecule has 2 N–H and O–H groups in total. The van der Waals surface area contributed by atoms with Gasteiger partial charge in [0.15, 0.2) is 0 Å². The Labute approximate surface area is 167 Å². The van der Waals surface area contributed by atoms with Crippen molar-refractivity contribution in [1.29, 1.82) is 0 Å². The number of carbonyl (C=O) groups is 2. The lowest BCUT2D eigenvalue weighted by atomic mass is 10.0. The van der Waals surface area contributed by atoms with Crippen LogP contribution in [0.5, 0.6) is 0 Å². The van der Waals surface area contributed by atoms with E-state index in [0.29, 0.717) is 22.6 Å². The molecule has 0 radical (unpaired) electrons.